The second kappa shape index (κ2) is 6.09. The Labute approximate surface area is 116 Å². The molecule has 2 fully saturated rings. The Morgan fingerprint density at radius 3 is 2.40 bits per heavy atom. The number of aliphatic hydroxyl groups excluding tert-OH is 4. The van der Waals surface area contributed by atoms with E-state index < -0.39 is 36.7 Å². The van der Waals surface area contributed by atoms with Crippen molar-refractivity contribution in [3.05, 3.63) is 11.8 Å². The number of esters is 1. The van der Waals surface area contributed by atoms with Gasteiger partial charge in [0, 0.05) is 12.8 Å². The predicted molar refractivity (Wildman–Crippen MR) is 66.2 cm³/mol. The van der Waals surface area contributed by atoms with E-state index >= 15 is 0 Å². The molecule has 7 heteroatoms. The van der Waals surface area contributed by atoms with Crippen molar-refractivity contribution in [3.63, 3.8) is 0 Å². The molecule has 3 atom stereocenters. The fourth-order valence-corrected chi connectivity index (χ4v) is 2.47. The van der Waals surface area contributed by atoms with Gasteiger partial charge in [0.05, 0.1) is 6.61 Å². The molecule has 0 aromatic rings. The topological polar surface area (TPSA) is 116 Å². The molecule has 2 aliphatic rings. The van der Waals surface area contributed by atoms with Gasteiger partial charge in [-0.05, 0) is 18.9 Å². The van der Waals surface area contributed by atoms with E-state index in [2.05, 4.69) is 0 Å². The van der Waals surface area contributed by atoms with Crippen molar-refractivity contribution in [1.82, 2.24) is 0 Å². The standard InChI is InChI=1S/C13H20O7/c14-7-9(16)11(17)8(15)6-10-12(18)20-13(19-10)4-2-1-3-5-13/h6,8-9,11,14-17H,1-5,7H2/b10-6+/t8-,9-,11+/m1/s1. The Hall–Kier alpha value is -1.15. The van der Waals surface area contributed by atoms with Gasteiger partial charge in [-0.25, -0.2) is 4.79 Å². The summed E-state index contributed by atoms with van der Waals surface area (Å²) >= 11 is 0. The average molecular weight is 288 g/mol. The second-order valence-corrected chi connectivity index (χ2v) is 5.22. The molecule has 0 amide bonds. The van der Waals surface area contributed by atoms with Crippen LogP contribution in [0.25, 0.3) is 0 Å². The zero-order valence-electron chi connectivity index (χ0n) is 11.1. The Morgan fingerprint density at radius 2 is 1.80 bits per heavy atom. The maximum Gasteiger partial charge on any atom is 0.376 e. The maximum atomic E-state index is 11.7. The van der Waals surface area contributed by atoms with E-state index in [1.807, 2.05) is 0 Å². The van der Waals surface area contributed by atoms with Crippen molar-refractivity contribution in [3.8, 4) is 0 Å². The molecule has 4 N–H and O–H groups in total. The van der Waals surface area contributed by atoms with E-state index in [-0.39, 0.29) is 5.76 Å². The fraction of sp³-hybridized carbons (Fsp3) is 0.769. The third kappa shape index (κ3) is 3.12. The first-order chi connectivity index (χ1) is 9.47. The lowest BCUT2D eigenvalue weighted by Gasteiger charge is -2.29. The summed E-state index contributed by atoms with van der Waals surface area (Å²) < 4.78 is 10.7. The first-order valence-corrected chi connectivity index (χ1v) is 6.77. The van der Waals surface area contributed by atoms with Crippen LogP contribution in [-0.4, -0.2) is 57.1 Å². The predicted octanol–water partition coefficient (Wildman–Crippen LogP) is -0.821. The molecule has 0 aromatic carbocycles. The van der Waals surface area contributed by atoms with Gasteiger partial charge < -0.3 is 29.9 Å². The van der Waals surface area contributed by atoms with E-state index in [0.29, 0.717) is 12.8 Å². The SMILES string of the molecule is O=C1OC2(CCCCC2)O/C1=C/[C@@H](O)[C@H](O)[C@H](O)CO. The Balaban J connectivity index is 2.05. The molecule has 20 heavy (non-hydrogen) atoms. The summed E-state index contributed by atoms with van der Waals surface area (Å²) in [6, 6.07) is 0. The van der Waals surface area contributed by atoms with Crippen LogP contribution in [0.4, 0.5) is 0 Å². The minimum Gasteiger partial charge on any atom is -0.445 e. The zero-order chi connectivity index (χ0) is 14.8. The number of ether oxygens (including phenoxy) is 2. The molecule has 7 nitrogen and oxygen atoms in total. The lowest BCUT2D eigenvalue weighted by molar-refractivity contribution is -0.182. The molecule has 1 saturated carbocycles. The van der Waals surface area contributed by atoms with Gasteiger partial charge in [-0.2, -0.15) is 0 Å². The van der Waals surface area contributed by atoms with Gasteiger partial charge in [0.1, 0.15) is 18.3 Å². The van der Waals surface area contributed by atoms with Crippen molar-refractivity contribution in [2.45, 2.75) is 56.2 Å². The number of carbonyl (C=O) groups excluding carboxylic acids is 1. The summed E-state index contributed by atoms with van der Waals surface area (Å²) in [5, 5.41) is 37.2. The molecule has 1 heterocycles. The molecule has 2 rings (SSSR count). The summed E-state index contributed by atoms with van der Waals surface area (Å²) in [6.45, 7) is -0.698. The zero-order valence-corrected chi connectivity index (χ0v) is 11.1. The van der Waals surface area contributed by atoms with Crippen molar-refractivity contribution in [1.29, 1.82) is 0 Å². The molecule has 1 aliphatic carbocycles. The van der Waals surface area contributed by atoms with Crippen LogP contribution < -0.4 is 0 Å². The van der Waals surface area contributed by atoms with Crippen LogP contribution in [0.3, 0.4) is 0 Å². The van der Waals surface area contributed by atoms with E-state index in [0.717, 1.165) is 25.3 Å². The fourth-order valence-electron chi connectivity index (χ4n) is 2.47. The summed E-state index contributed by atoms with van der Waals surface area (Å²) in [4.78, 5) is 11.7. The van der Waals surface area contributed by atoms with Gasteiger partial charge in [-0.3, -0.25) is 0 Å². The number of hydrogen-bond donors (Lipinski definition) is 4. The number of hydrogen-bond acceptors (Lipinski definition) is 7. The highest BCUT2D eigenvalue weighted by atomic mass is 16.8. The first kappa shape index (κ1) is 15.2. The molecule has 0 aromatic heterocycles. The van der Waals surface area contributed by atoms with E-state index in [9.17, 15) is 20.1 Å². The smallest absolute Gasteiger partial charge is 0.376 e. The number of carbonyl (C=O) groups is 1. The van der Waals surface area contributed by atoms with Gasteiger partial charge in [0.2, 0.25) is 5.76 Å². The highest BCUT2D eigenvalue weighted by Gasteiger charge is 2.46. The van der Waals surface area contributed by atoms with Crippen molar-refractivity contribution in [2.75, 3.05) is 6.61 Å². The van der Waals surface area contributed by atoms with Gasteiger partial charge in [-0.1, -0.05) is 6.42 Å². The number of rotatable bonds is 4. The van der Waals surface area contributed by atoms with Crippen molar-refractivity contribution < 1.29 is 34.7 Å². The minimum absolute atomic E-state index is 0.163. The van der Waals surface area contributed by atoms with Crippen LogP contribution in [-0.2, 0) is 14.3 Å². The largest absolute Gasteiger partial charge is 0.445 e. The molecule has 1 spiro atoms. The molecular formula is C13H20O7. The minimum atomic E-state index is -1.60. The summed E-state index contributed by atoms with van der Waals surface area (Å²) in [6.07, 6.45) is 0.445. The second-order valence-electron chi connectivity index (χ2n) is 5.22. The van der Waals surface area contributed by atoms with Gasteiger partial charge >= 0.3 is 5.97 Å². The van der Waals surface area contributed by atoms with E-state index in [1.165, 1.54) is 0 Å². The molecule has 0 bridgehead atoms. The Morgan fingerprint density at radius 1 is 1.15 bits per heavy atom. The highest BCUT2D eigenvalue weighted by molar-refractivity contribution is 5.88. The van der Waals surface area contributed by atoms with E-state index in [4.69, 9.17) is 14.6 Å². The van der Waals surface area contributed by atoms with Crippen molar-refractivity contribution >= 4 is 5.97 Å². The third-order valence-electron chi connectivity index (χ3n) is 3.64. The monoisotopic (exact) mass is 288 g/mol. The molecule has 1 aliphatic heterocycles. The quantitative estimate of drug-likeness (QED) is 0.394. The summed E-state index contributed by atoms with van der Waals surface area (Å²) in [5.41, 5.74) is 0. The van der Waals surface area contributed by atoms with Crippen LogP contribution in [0.1, 0.15) is 32.1 Å². The van der Waals surface area contributed by atoms with Gasteiger partial charge in [0.15, 0.2) is 0 Å². The molecular weight excluding hydrogens is 268 g/mol. The van der Waals surface area contributed by atoms with Crippen molar-refractivity contribution in [2.24, 2.45) is 0 Å². The maximum absolute atomic E-state index is 11.7. The van der Waals surface area contributed by atoms with Gasteiger partial charge in [0.25, 0.3) is 5.79 Å². The van der Waals surface area contributed by atoms with Crippen LogP contribution >= 0.6 is 0 Å². The number of aliphatic hydroxyl groups is 4. The van der Waals surface area contributed by atoms with Crippen LogP contribution in [0, 0.1) is 0 Å². The molecule has 1 saturated heterocycles. The first-order valence-electron chi connectivity index (χ1n) is 6.77. The Bertz CT molecular complexity index is 386. The lowest BCUT2D eigenvalue weighted by atomic mass is 9.94. The summed E-state index contributed by atoms with van der Waals surface area (Å²) in [7, 11) is 0. The van der Waals surface area contributed by atoms with Crippen LogP contribution in [0.2, 0.25) is 0 Å². The Kier molecular flexibility index (Phi) is 4.64. The molecule has 0 unspecified atom stereocenters. The van der Waals surface area contributed by atoms with Gasteiger partial charge in [-0.15, -0.1) is 0 Å². The molecule has 0 radical (unpaired) electrons. The average Bonchev–Trinajstić information content (AvgIpc) is 2.73. The molecule has 114 valence electrons. The summed E-state index contributed by atoms with van der Waals surface area (Å²) in [5.74, 6) is -1.79. The van der Waals surface area contributed by atoms with E-state index in [1.54, 1.807) is 0 Å². The van der Waals surface area contributed by atoms with Crippen LogP contribution in [0.15, 0.2) is 11.8 Å². The van der Waals surface area contributed by atoms with Crippen LogP contribution in [0.5, 0.6) is 0 Å². The third-order valence-corrected chi connectivity index (χ3v) is 3.64. The normalized spacial score (nSPS) is 28.0. The highest BCUT2D eigenvalue weighted by Crippen LogP contribution is 2.39. The lowest BCUT2D eigenvalue weighted by Crippen LogP contribution is -2.38.